The lowest BCUT2D eigenvalue weighted by Crippen LogP contribution is -2.29. The first kappa shape index (κ1) is 23.7. The van der Waals surface area contributed by atoms with Crippen LogP contribution in [0, 0.1) is 10.1 Å². The first-order valence-corrected chi connectivity index (χ1v) is 11.1. The molecule has 1 aliphatic rings. The molecule has 4 rings (SSSR count). The van der Waals surface area contributed by atoms with Crippen molar-refractivity contribution in [1.82, 2.24) is 10.3 Å². The molecule has 1 unspecified atom stereocenters. The molecular formula is C27H25N3O5. The van der Waals surface area contributed by atoms with Crippen LogP contribution in [0.3, 0.4) is 0 Å². The summed E-state index contributed by atoms with van der Waals surface area (Å²) in [6, 6.07) is 19.3. The molecule has 2 heterocycles. The summed E-state index contributed by atoms with van der Waals surface area (Å²) in [5, 5.41) is 14.8. The smallest absolute Gasteiger partial charge is 0.336 e. The summed E-state index contributed by atoms with van der Waals surface area (Å²) in [7, 11) is 0. The highest BCUT2D eigenvalue weighted by atomic mass is 16.6. The zero-order chi connectivity index (χ0) is 24.8. The largest absolute Gasteiger partial charge is 0.490 e. The monoisotopic (exact) mass is 471 g/mol. The van der Waals surface area contributed by atoms with E-state index in [0.29, 0.717) is 22.6 Å². The molecule has 0 aliphatic carbocycles. The Morgan fingerprint density at radius 3 is 2.46 bits per heavy atom. The maximum Gasteiger partial charge on any atom is 0.336 e. The van der Waals surface area contributed by atoms with E-state index in [1.54, 1.807) is 31.5 Å². The van der Waals surface area contributed by atoms with Gasteiger partial charge in [0.25, 0.3) is 5.69 Å². The van der Waals surface area contributed by atoms with E-state index in [0.717, 1.165) is 16.8 Å². The number of allylic oxidation sites excluding steroid dienone is 3. The number of hydrogen-bond acceptors (Lipinski definition) is 7. The zero-order valence-corrected chi connectivity index (χ0v) is 19.4. The summed E-state index contributed by atoms with van der Waals surface area (Å²) >= 11 is 0. The van der Waals surface area contributed by atoms with Gasteiger partial charge in [-0.15, -0.1) is 0 Å². The van der Waals surface area contributed by atoms with Crippen LogP contribution in [-0.2, 0) is 9.53 Å². The molecule has 8 heteroatoms. The van der Waals surface area contributed by atoms with Gasteiger partial charge in [-0.3, -0.25) is 15.1 Å². The third-order valence-electron chi connectivity index (χ3n) is 5.71. The Hall–Kier alpha value is -4.46. The first-order valence-electron chi connectivity index (χ1n) is 11.1. The third-order valence-corrected chi connectivity index (χ3v) is 5.71. The van der Waals surface area contributed by atoms with E-state index < -0.39 is 16.8 Å². The zero-order valence-electron chi connectivity index (χ0n) is 19.4. The number of carbonyl (C=O) groups excluding carboxylic acids is 1. The van der Waals surface area contributed by atoms with Crippen molar-refractivity contribution < 1.29 is 19.2 Å². The number of dihydropyridines is 1. The Morgan fingerprint density at radius 1 is 1.00 bits per heavy atom. The second kappa shape index (κ2) is 10.6. The number of nitrogens with zero attached hydrogens (tertiary/aromatic N) is 2. The number of hydrogen-bond donors (Lipinski definition) is 1. The van der Waals surface area contributed by atoms with Crippen molar-refractivity contribution in [2.45, 2.75) is 19.8 Å². The number of carbonyl (C=O) groups is 1. The molecule has 1 aliphatic heterocycles. The highest BCUT2D eigenvalue weighted by Gasteiger charge is 2.35. The molecule has 3 aromatic rings. The summed E-state index contributed by atoms with van der Waals surface area (Å²) in [4.78, 5) is 28.5. The van der Waals surface area contributed by atoms with Crippen LogP contribution in [0.1, 0.15) is 30.9 Å². The Balaban J connectivity index is 1.66. The number of pyridine rings is 1. The van der Waals surface area contributed by atoms with E-state index in [1.807, 2.05) is 49.4 Å². The van der Waals surface area contributed by atoms with Crippen LogP contribution in [0.4, 0.5) is 5.69 Å². The van der Waals surface area contributed by atoms with Crippen molar-refractivity contribution in [2.75, 3.05) is 13.2 Å². The molecular weight excluding hydrogens is 446 g/mol. The lowest BCUT2D eigenvalue weighted by Gasteiger charge is -2.32. The summed E-state index contributed by atoms with van der Waals surface area (Å²) in [6.07, 6.45) is 3.34. The van der Waals surface area contributed by atoms with Gasteiger partial charge < -0.3 is 14.8 Å². The van der Waals surface area contributed by atoms with E-state index in [4.69, 9.17) is 9.47 Å². The van der Waals surface area contributed by atoms with Crippen molar-refractivity contribution >= 4 is 17.2 Å². The molecule has 8 nitrogen and oxygen atoms in total. The molecule has 0 amide bonds. The van der Waals surface area contributed by atoms with Crippen LogP contribution < -0.4 is 10.1 Å². The first-order chi connectivity index (χ1) is 17.0. The molecule has 2 aromatic carbocycles. The Kier molecular flexibility index (Phi) is 7.21. The van der Waals surface area contributed by atoms with E-state index in [9.17, 15) is 14.9 Å². The maximum atomic E-state index is 13.4. The second-order valence-electron chi connectivity index (χ2n) is 8.02. The number of nitrogens with one attached hydrogen (secondary N) is 1. The van der Waals surface area contributed by atoms with Crippen LogP contribution in [0.15, 0.2) is 96.1 Å². The Bertz CT molecular complexity index is 1290. The van der Waals surface area contributed by atoms with Gasteiger partial charge in [-0.25, -0.2) is 4.79 Å². The SMILES string of the molecule is CC1=C(C(=O)OCCOc2ccccc2)C(c2cccc([N+](=O)[O-])c2)C(c2ccncc2)=C(C)N1. The predicted molar refractivity (Wildman–Crippen MR) is 131 cm³/mol. The van der Waals surface area contributed by atoms with Gasteiger partial charge in [-0.05, 0) is 54.8 Å². The van der Waals surface area contributed by atoms with Gasteiger partial charge in [0, 0.05) is 41.8 Å². The van der Waals surface area contributed by atoms with Crippen LogP contribution in [0.5, 0.6) is 5.75 Å². The maximum absolute atomic E-state index is 13.4. The number of nitro groups is 1. The fraction of sp³-hybridized carbons (Fsp3) is 0.185. The second-order valence-corrected chi connectivity index (χ2v) is 8.02. The molecule has 1 aromatic heterocycles. The molecule has 0 bridgehead atoms. The number of benzene rings is 2. The fourth-order valence-corrected chi connectivity index (χ4v) is 4.22. The molecule has 1 N–H and O–H groups in total. The molecule has 0 saturated carbocycles. The van der Waals surface area contributed by atoms with Crippen molar-refractivity contribution in [2.24, 2.45) is 0 Å². The lowest BCUT2D eigenvalue weighted by atomic mass is 9.78. The Labute approximate surface area is 203 Å². The van der Waals surface area contributed by atoms with Crippen molar-refractivity contribution in [3.63, 3.8) is 0 Å². The predicted octanol–water partition coefficient (Wildman–Crippen LogP) is 5.00. The van der Waals surface area contributed by atoms with Crippen molar-refractivity contribution in [3.05, 3.63) is 117 Å². The number of rotatable bonds is 8. The molecule has 0 fully saturated rings. The molecule has 0 spiro atoms. The van der Waals surface area contributed by atoms with E-state index in [1.165, 1.54) is 12.1 Å². The van der Waals surface area contributed by atoms with Gasteiger partial charge >= 0.3 is 5.97 Å². The van der Waals surface area contributed by atoms with Crippen molar-refractivity contribution in [3.8, 4) is 5.75 Å². The number of esters is 1. The average molecular weight is 472 g/mol. The molecule has 0 radical (unpaired) electrons. The minimum absolute atomic E-state index is 0.0469. The highest BCUT2D eigenvalue weighted by Crippen LogP contribution is 2.44. The standard InChI is InChI=1S/C27H25N3O5/c1-18-24(20-11-13-28-14-12-20)26(21-7-6-8-22(17-21)30(32)33)25(19(2)29-18)27(31)35-16-15-34-23-9-4-3-5-10-23/h3-14,17,26,29H,15-16H2,1-2H3. The van der Waals surface area contributed by atoms with Crippen LogP contribution >= 0.6 is 0 Å². The topological polar surface area (TPSA) is 104 Å². The van der Waals surface area contributed by atoms with Gasteiger partial charge in [0.05, 0.1) is 10.5 Å². The van der Waals surface area contributed by atoms with Gasteiger partial charge in [0.1, 0.15) is 19.0 Å². The number of non-ortho nitro benzene ring substituents is 1. The number of ether oxygens (including phenoxy) is 2. The summed E-state index contributed by atoms with van der Waals surface area (Å²) < 4.78 is 11.2. The quantitative estimate of drug-likeness (QED) is 0.213. The van der Waals surface area contributed by atoms with Crippen molar-refractivity contribution in [1.29, 1.82) is 0 Å². The highest BCUT2D eigenvalue weighted by molar-refractivity contribution is 5.97. The number of para-hydroxylation sites is 1. The fourth-order valence-electron chi connectivity index (χ4n) is 4.22. The molecule has 178 valence electrons. The van der Waals surface area contributed by atoms with E-state index in [2.05, 4.69) is 10.3 Å². The minimum Gasteiger partial charge on any atom is -0.490 e. The van der Waals surface area contributed by atoms with Crippen LogP contribution in [-0.4, -0.2) is 29.1 Å². The minimum atomic E-state index is -0.568. The summed E-state index contributed by atoms with van der Waals surface area (Å²) in [6.45, 7) is 3.97. The number of aromatic nitrogens is 1. The van der Waals surface area contributed by atoms with Gasteiger partial charge in [-0.2, -0.15) is 0 Å². The Morgan fingerprint density at radius 2 is 1.74 bits per heavy atom. The summed E-state index contributed by atoms with van der Waals surface area (Å²) in [5.41, 5.74) is 4.12. The van der Waals surface area contributed by atoms with Gasteiger partial charge in [-0.1, -0.05) is 30.3 Å². The molecule has 1 atom stereocenters. The van der Waals surface area contributed by atoms with Crippen LogP contribution in [0.2, 0.25) is 0 Å². The van der Waals surface area contributed by atoms with Crippen LogP contribution in [0.25, 0.3) is 5.57 Å². The van der Waals surface area contributed by atoms with E-state index in [-0.39, 0.29) is 18.9 Å². The summed E-state index contributed by atoms with van der Waals surface area (Å²) in [5.74, 6) is -0.394. The molecule has 0 saturated heterocycles. The lowest BCUT2D eigenvalue weighted by molar-refractivity contribution is -0.384. The van der Waals surface area contributed by atoms with Gasteiger partial charge in [0.2, 0.25) is 0 Å². The number of nitro benzene ring substituents is 1. The normalized spacial score (nSPS) is 15.4. The average Bonchev–Trinajstić information content (AvgIpc) is 2.87. The molecule has 35 heavy (non-hydrogen) atoms. The van der Waals surface area contributed by atoms with E-state index >= 15 is 0 Å². The third kappa shape index (κ3) is 5.38. The van der Waals surface area contributed by atoms with Gasteiger partial charge in [0.15, 0.2) is 0 Å².